The second-order valence-corrected chi connectivity index (χ2v) is 4.81. The maximum atomic E-state index is 5.53. The lowest BCUT2D eigenvalue weighted by Gasteiger charge is -2.15. The predicted octanol–water partition coefficient (Wildman–Crippen LogP) is 3.70. The lowest BCUT2D eigenvalue weighted by molar-refractivity contribution is 0.0617. The lowest BCUT2D eigenvalue weighted by Crippen LogP contribution is -2.12. The van der Waals surface area contributed by atoms with E-state index in [1.807, 2.05) is 0 Å². The van der Waals surface area contributed by atoms with Crippen LogP contribution in [0.15, 0.2) is 24.3 Å². The van der Waals surface area contributed by atoms with E-state index in [2.05, 4.69) is 43.4 Å². The van der Waals surface area contributed by atoms with Crippen LogP contribution in [-0.4, -0.2) is 26.9 Å². The van der Waals surface area contributed by atoms with Crippen molar-refractivity contribution in [3.63, 3.8) is 0 Å². The van der Waals surface area contributed by atoms with Crippen LogP contribution in [0.25, 0.3) is 0 Å². The highest BCUT2D eigenvalue weighted by atomic mass is 16.5. The zero-order valence-electron chi connectivity index (χ0n) is 12.4. The number of ether oxygens (including phenoxy) is 2. The predicted molar refractivity (Wildman–Crippen MR) is 80.5 cm³/mol. The van der Waals surface area contributed by atoms with E-state index in [-0.39, 0.29) is 0 Å². The van der Waals surface area contributed by atoms with Gasteiger partial charge in [0.25, 0.3) is 0 Å². The van der Waals surface area contributed by atoms with Gasteiger partial charge in [0.15, 0.2) is 0 Å². The normalized spacial score (nSPS) is 10.9. The molecule has 0 aliphatic rings. The SMILES string of the molecule is CCC(CC)CNc1cccc(COCCOC)c1. The van der Waals surface area contributed by atoms with E-state index in [0.717, 1.165) is 12.5 Å². The lowest BCUT2D eigenvalue weighted by atomic mass is 10.0. The number of hydrogen-bond donors (Lipinski definition) is 1. The van der Waals surface area contributed by atoms with E-state index in [0.29, 0.717) is 19.8 Å². The Bertz CT molecular complexity index is 337. The molecule has 3 nitrogen and oxygen atoms in total. The van der Waals surface area contributed by atoms with Crippen LogP contribution in [0.1, 0.15) is 32.3 Å². The van der Waals surface area contributed by atoms with E-state index in [9.17, 15) is 0 Å². The highest BCUT2D eigenvalue weighted by molar-refractivity contribution is 5.45. The number of methoxy groups -OCH3 is 1. The van der Waals surface area contributed by atoms with Gasteiger partial charge < -0.3 is 14.8 Å². The van der Waals surface area contributed by atoms with Crippen molar-refractivity contribution >= 4 is 5.69 Å². The first-order valence-electron chi connectivity index (χ1n) is 7.19. The molecule has 0 heterocycles. The number of benzene rings is 1. The molecule has 3 heteroatoms. The van der Waals surface area contributed by atoms with Crippen LogP contribution in [0, 0.1) is 5.92 Å². The molecule has 0 bridgehead atoms. The Morgan fingerprint density at radius 1 is 1.16 bits per heavy atom. The van der Waals surface area contributed by atoms with Crippen molar-refractivity contribution in [1.29, 1.82) is 0 Å². The molecular weight excluding hydrogens is 238 g/mol. The molecule has 19 heavy (non-hydrogen) atoms. The number of anilines is 1. The van der Waals surface area contributed by atoms with Gasteiger partial charge in [0.1, 0.15) is 0 Å². The van der Waals surface area contributed by atoms with E-state index in [1.54, 1.807) is 7.11 Å². The summed E-state index contributed by atoms with van der Waals surface area (Å²) in [7, 11) is 1.69. The van der Waals surface area contributed by atoms with Gasteiger partial charge in [0, 0.05) is 19.3 Å². The molecule has 0 spiro atoms. The van der Waals surface area contributed by atoms with E-state index < -0.39 is 0 Å². The third-order valence-electron chi connectivity index (χ3n) is 3.38. The minimum absolute atomic E-state index is 0.641. The highest BCUT2D eigenvalue weighted by Crippen LogP contribution is 2.14. The molecule has 0 aromatic heterocycles. The molecule has 1 aromatic carbocycles. The molecule has 1 aromatic rings. The van der Waals surface area contributed by atoms with Crippen LogP contribution in [-0.2, 0) is 16.1 Å². The summed E-state index contributed by atoms with van der Waals surface area (Å²) >= 11 is 0. The fourth-order valence-electron chi connectivity index (χ4n) is 1.94. The monoisotopic (exact) mass is 265 g/mol. The maximum absolute atomic E-state index is 5.53. The van der Waals surface area contributed by atoms with Crippen LogP contribution in [0.3, 0.4) is 0 Å². The zero-order chi connectivity index (χ0) is 13.9. The molecule has 1 N–H and O–H groups in total. The topological polar surface area (TPSA) is 30.5 Å². The minimum Gasteiger partial charge on any atom is -0.385 e. The minimum atomic E-state index is 0.641. The van der Waals surface area contributed by atoms with Gasteiger partial charge in [-0.3, -0.25) is 0 Å². The van der Waals surface area contributed by atoms with Crippen molar-refractivity contribution in [1.82, 2.24) is 0 Å². The Hall–Kier alpha value is -1.06. The second-order valence-electron chi connectivity index (χ2n) is 4.81. The van der Waals surface area contributed by atoms with Gasteiger partial charge in [-0.15, -0.1) is 0 Å². The molecular formula is C16H27NO2. The molecule has 0 radical (unpaired) electrons. The second kappa shape index (κ2) is 9.82. The summed E-state index contributed by atoms with van der Waals surface area (Å²) < 4.78 is 10.5. The summed E-state index contributed by atoms with van der Waals surface area (Å²) in [5, 5.41) is 3.51. The zero-order valence-corrected chi connectivity index (χ0v) is 12.4. The number of hydrogen-bond acceptors (Lipinski definition) is 3. The van der Waals surface area contributed by atoms with Crippen molar-refractivity contribution in [3.8, 4) is 0 Å². The largest absolute Gasteiger partial charge is 0.385 e. The molecule has 0 aliphatic carbocycles. The van der Waals surface area contributed by atoms with Gasteiger partial charge in [-0.2, -0.15) is 0 Å². The van der Waals surface area contributed by atoms with Crippen molar-refractivity contribution in [3.05, 3.63) is 29.8 Å². The van der Waals surface area contributed by atoms with E-state index in [1.165, 1.54) is 24.1 Å². The molecule has 0 saturated heterocycles. The third-order valence-corrected chi connectivity index (χ3v) is 3.38. The average Bonchev–Trinajstić information content (AvgIpc) is 2.45. The summed E-state index contributed by atoms with van der Waals surface area (Å²) in [6, 6.07) is 8.44. The smallest absolute Gasteiger partial charge is 0.0718 e. The Morgan fingerprint density at radius 2 is 1.95 bits per heavy atom. The molecule has 108 valence electrons. The first-order valence-corrected chi connectivity index (χ1v) is 7.19. The van der Waals surface area contributed by atoms with Gasteiger partial charge in [-0.05, 0) is 23.6 Å². The summed E-state index contributed by atoms with van der Waals surface area (Å²) in [5.74, 6) is 0.751. The average molecular weight is 265 g/mol. The molecule has 0 atom stereocenters. The molecule has 0 aliphatic heterocycles. The maximum Gasteiger partial charge on any atom is 0.0718 e. The van der Waals surface area contributed by atoms with Gasteiger partial charge in [-0.1, -0.05) is 38.8 Å². The summed E-state index contributed by atoms with van der Waals surface area (Å²) in [5.41, 5.74) is 2.38. The van der Waals surface area contributed by atoms with Crippen molar-refractivity contribution in [2.45, 2.75) is 33.3 Å². The van der Waals surface area contributed by atoms with E-state index >= 15 is 0 Å². The van der Waals surface area contributed by atoms with Crippen LogP contribution in [0.2, 0.25) is 0 Å². The van der Waals surface area contributed by atoms with Crippen LogP contribution >= 0.6 is 0 Å². The standard InChI is InChI=1S/C16H27NO2/c1-4-14(5-2)12-17-16-8-6-7-15(11-16)13-19-10-9-18-3/h6-8,11,14,17H,4-5,9-10,12-13H2,1-3H3. The third kappa shape index (κ3) is 6.60. The molecule has 0 fully saturated rings. The molecule has 0 unspecified atom stereocenters. The number of nitrogens with one attached hydrogen (secondary N) is 1. The van der Waals surface area contributed by atoms with Crippen LogP contribution in [0.5, 0.6) is 0 Å². The Kier molecular flexibility index (Phi) is 8.26. The van der Waals surface area contributed by atoms with Crippen molar-refractivity contribution < 1.29 is 9.47 Å². The molecule has 0 amide bonds. The quantitative estimate of drug-likeness (QED) is 0.654. The summed E-state index contributed by atoms with van der Waals surface area (Å²) in [4.78, 5) is 0. The van der Waals surface area contributed by atoms with Crippen LogP contribution in [0.4, 0.5) is 5.69 Å². The highest BCUT2D eigenvalue weighted by Gasteiger charge is 2.03. The van der Waals surface area contributed by atoms with E-state index in [4.69, 9.17) is 9.47 Å². The first kappa shape index (κ1) is 16.0. The molecule has 0 saturated carbocycles. The Labute approximate surface area is 117 Å². The van der Waals surface area contributed by atoms with Crippen molar-refractivity contribution in [2.24, 2.45) is 5.92 Å². The van der Waals surface area contributed by atoms with Crippen molar-refractivity contribution in [2.75, 3.05) is 32.2 Å². The Balaban J connectivity index is 2.38. The van der Waals surface area contributed by atoms with Gasteiger partial charge in [0.2, 0.25) is 0 Å². The molecule has 1 rings (SSSR count). The van der Waals surface area contributed by atoms with Gasteiger partial charge in [-0.25, -0.2) is 0 Å². The summed E-state index contributed by atoms with van der Waals surface area (Å²) in [6.45, 7) is 7.46. The fourth-order valence-corrected chi connectivity index (χ4v) is 1.94. The van der Waals surface area contributed by atoms with Crippen LogP contribution < -0.4 is 5.32 Å². The number of rotatable bonds is 10. The van der Waals surface area contributed by atoms with Gasteiger partial charge in [0.05, 0.1) is 19.8 Å². The fraction of sp³-hybridized carbons (Fsp3) is 0.625. The van der Waals surface area contributed by atoms with Gasteiger partial charge >= 0.3 is 0 Å². The first-order chi connectivity index (χ1) is 9.30. The Morgan fingerprint density at radius 3 is 2.63 bits per heavy atom. The summed E-state index contributed by atoms with van der Waals surface area (Å²) in [6.07, 6.45) is 2.45.